The fraction of sp³-hybridized carbons (Fsp3) is 0.700. The molecule has 0 spiro atoms. The molecule has 0 aromatic rings. The van der Waals surface area contributed by atoms with Crippen LogP contribution >= 0.6 is 27.7 Å². The second-order valence-corrected chi connectivity index (χ2v) is 7.78. The van der Waals surface area contributed by atoms with Gasteiger partial charge in [-0.2, -0.15) is 0 Å². The smallest absolute Gasteiger partial charge is 0.327 e. The molecular weight excluding hydrogens is 310 g/mol. The Morgan fingerprint density at radius 2 is 2.00 bits per heavy atom. The average molecular weight is 322 g/mol. The van der Waals surface area contributed by atoms with Crippen LogP contribution < -0.4 is 0 Å². The van der Waals surface area contributed by atoms with Crippen molar-refractivity contribution in [2.24, 2.45) is 0 Å². The van der Waals surface area contributed by atoms with Gasteiger partial charge in [-0.1, -0.05) is 15.9 Å². The summed E-state index contributed by atoms with van der Waals surface area (Å²) in [6.07, 6.45) is 0. The van der Waals surface area contributed by atoms with Gasteiger partial charge >= 0.3 is 5.97 Å². The molecule has 0 radical (unpaired) electrons. The van der Waals surface area contributed by atoms with Gasteiger partial charge in [0.1, 0.15) is 11.4 Å². The molecule has 0 saturated carbocycles. The SMILES string of the molecule is CC(=O)[C@@]1(Br)C(=O)N2[C@@H](C(=O)O)C(C)(C)S[C@@H]21. The van der Waals surface area contributed by atoms with Crippen molar-refractivity contribution in [3.05, 3.63) is 0 Å². The molecule has 0 aliphatic carbocycles. The number of halogens is 1. The van der Waals surface area contributed by atoms with Gasteiger partial charge < -0.3 is 10.0 Å². The van der Waals surface area contributed by atoms with E-state index in [-0.39, 0.29) is 5.78 Å². The highest BCUT2D eigenvalue weighted by Gasteiger charge is 2.72. The van der Waals surface area contributed by atoms with E-state index in [1.807, 2.05) is 0 Å². The van der Waals surface area contributed by atoms with Crippen LogP contribution in [0.5, 0.6) is 0 Å². The number of carbonyl (C=O) groups excluding carboxylic acids is 2. The molecule has 2 aliphatic heterocycles. The van der Waals surface area contributed by atoms with E-state index in [0.29, 0.717) is 0 Å². The van der Waals surface area contributed by atoms with Gasteiger partial charge in [-0.15, -0.1) is 11.8 Å². The lowest BCUT2D eigenvalue weighted by molar-refractivity contribution is -0.162. The van der Waals surface area contributed by atoms with Crippen LogP contribution in [0.3, 0.4) is 0 Å². The first-order chi connectivity index (χ1) is 7.64. The van der Waals surface area contributed by atoms with Crippen molar-refractivity contribution in [2.45, 2.75) is 41.3 Å². The Bertz CT molecular complexity index is 438. The lowest BCUT2D eigenvalue weighted by atomic mass is 9.89. The molecule has 0 aromatic carbocycles. The van der Waals surface area contributed by atoms with Crippen LogP contribution in [0.2, 0.25) is 0 Å². The van der Waals surface area contributed by atoms with E-state index in [9.17, 15) is 19.5 Å². The van der Waals surface area contributed by atoms with Crippen molar-refractivity contribution < 1.29 is 19.5 Å². The molecule has 2 heterocycles. The monoisotopic (exact) mass is 321 g/mol. The van der Waals surface area contributed by atoms with E-state index in [1.54, 1.807) is 13.8 Å². The summed E-state index contributed by atoms with van der Waals surface area (Å²) in [6, 6.07) is -0.880. The molecule has 1 N–H and O–H groups in total. The third-order valence-corrected chi connectivity index (χ3v) is 6.51. The summed E-state index contributed by atoms with van der Waals surface area (Å²) in [5.41, 5.74) is 0. The standard InChI is InChI=1S/C10H12BrNO4S/c1-4(13)10(11)7(16)12-5(6(14)15)9(2,3)17-8(10)12/h5,8H,1-3H3,(H,14,15)/t5-,8+,10+/m0/s1. The molecule has 0 unspecified atom stereocenters. The number of hydrogen-bond donors (Lipinski definition) is 1. The average Bonchev–Trinajstić information content (AvgIpc) is 2.46. The lowest BCUT2D eigenvalue weighted by Crippen LogP contribution is -2.73. The van der Waals surface area contributed by atoms with Gasteiger partial charge in [0.15, 0.2) is 10.1 Å². The molecule has 0 bridgehead atoms. The maximum Gasteiger partial charge on any atom is 0.327 e. The van der Waals surface area contributed by atoms with Gasteiger partial charge in [-0.25, -0.2) is 4.79 Å². The molecule has 2 aliphatic rings. The van der Waals surface area contributed by atoms with Crippen molar-refractivity contribution in [3.8, 4) is 0 Å². The maximum absolute atomic E-state index is 12.0. The lowest BCUT2D eigenvalue weighted by Gasteiger charge is -2.48. The number of carboxylic acids is 1. The van der Waals surface area contributed by atoms with Crippen LogP contribution in [0.15, 0.2) is 0 Å². The maximum atomic E-state index is 12.0. The van der Waals surface area contributed by atoms with Crippen LogP contribution in [-0.2, 0) is 14.4 Å². The van der Waals surface area contributed by atoms with Crippen LogP contribution in [0.4, 0.5) is 0 Å². The summed E-state index contributed by atoms with van der Waals surface area (Å²) in [6.45, 7) is 4.89. The predicted molar refractivity (Wildman–Crippen MR) is 66.1 cm³/mol. The third kappa shape index (κ3) is 1.41. The van der Waals surface area contributed by atoms with E-state index in [2.05, 4.69) is 15.9 Å². The number of carbonyl (C=O) groups is 3. The van der Waals surface area contributed by atoms with Gasteiger partial charge in [0.25, 0.3) is 5.91 Å². The highest BCUT2D eigenvalue weighted by molar-refractivity contribution is 9.10. The summed E-state index contributed by atoms with van der Waals surface area (Å²) in [5.74, 6) is -1.75. The Morgan fingerprint density at radius 3 is 2.41 bits per heavy atom. The Kier molecular flexibility index (Phi) is 2.63. The first-order valence-corrected chi connectivity index (χ1v) is 6.74. The van der Waals surface area contributed by atoms with E-state index in [4.69, 9.17) is 0 Å². The minimum Gasteiger partial charge on any atom is -0.480 e. The summed E-state index contributed by atoms with van der Waals surface area (Å²) >= 11 is 4.53. The van der Waals surface area contributed by atoms with Gasteiger partial charge in [0, 0.05) is 4.75 Å². The van der Waals surface area contributed by atoms with Gasteiger partial charge in [-0.05, 0) is 20.8 Å². The number of alkyl halides is 1. The van der Waals surface area contributed by atoms with Crippen molar-refractivity contribution in [1.82, 2.24) is 4.90 Å². The number of carboxylic acid groups (broad SMARTS) is 1. The van der Waals surface area contributed by atoms with E-state index in [1.165, 1.54) is 23.6 Å². The number of ketones is 1. The highest BCUT2D eigenvalue weighted by atomic mass is 79.9. The normalized spacial score (nSPS) is 38.6. The summed E-state index contributed by atoms with van der Waals surface area (Å²) in [5, 5.41) is 8.76. The number of amides is 1. The zero-order chi connectivity index (χ0) is 13.2. The van der Waals surface area contributed by atoms with Crippen molar-refractivity contribution >= 4 is 45.4 Å². The van der Waals surface area contributed by atoms with Gasteiger partial charge in [-0.3, -0.25) is 9.59 Å². The Morgan fingerprint density at radius 1 is 1.47 bits per heavy atom. The molecule has 2 fully saturated rings. The fourth-order valence-corrected chi connectivity index (χ4v) is 4.73. The summed E-state index contributed by atoms with van der Waals surface area (Å²) < 4.78 is -1.84. The second-order valence-electron chi connectivity index (χ2n) is 4.79. The number of β-lactam (4-membered cyclic amide) rings is 1. The molecule has 94 valence electrons. The summed E-state index contributed by atoms with van der Waals surface area (Å²) in [4.78, 5) is 36.0. The van der Waals surface area contributed by atoms with E-state index >= 15 is 0 Å². The van der Waals surface area contributed by atoms with Crippen molar-refractivity contribution in [2.75, 3.05) is 0 Å². The minimum atomic E-state index is -1.24. The highest BCUT2D eigenvalue weighted by Crippen LogP contribution is 2.58. The van der Waals surface area contributed by atoms with Crippen molar-refractivity contribution in [3.63, 3.8) is 0 Å². The molecule has 5 nitrogen and oxygen atoms in total. The quantitative estimate of drug-likeness (QED) is 0.464. The van der Waals surface area contributed by atoms with Crippen LogP contribution in [0.25, 0.3) is 0 Å². The molecule has 2 rings (SSSR count). The van der Waals surface area contributed by atoms with Crippen LogP contribution in [-0.4, -0.2) is 48.2 Å². The fourth-order valence-electron chi connectivity index (χ4n) is 2.34. The number of aliphatic carboxylic acids is 1. The van der Waals surface area contributed by atoms with Crippen LogP contribution in [0, 0.1) is 0 Å². The van der Waals surface area contributed by atoms with Gasteiger partial charge in [0.05, 0.1) is 0 Å². The molecule has 0 aromatic heterocycles. The second kappa shape index (κ2) is 3.47. The molecular formula is C10H12BrNO4S. The van der Waals surface area contributed by atoms with E-state index in [0.717, 1.165) is 0 Å². The van der Waals surface area contributed by atoms with E-state index < -0.39 is 32.4 Å². The Balaban J connectivity index is 2.41. The Hall–Kier alpha value is -0.560. The number of rotatable bonds is 2. The Labute approximate surface area is 111 Å². The first-order valence-electron chi connectivity index (χ1n) is 5.07. The number of nitrogens with zero attached hydrogens (tertiary/aromatic N) is 1. The molecule has 3 atom stereocenters. The largest absolute Gasteiger partial charge is 0.480 e. The molecule has 2 saturated heterocycles. The zero-order valence-corrected chi connectivity index (χ0v) is 12.0. The number of thioether (sulfide) groups is 1. The minimum absolute atomic E-state index is 0.280. The molecule has 7 heteroatoms. The molecule has 17 heavy (non-hydrogen) atoms. The first kappa shape index (κ1) is 12.9. The molecule has 1 amide bonds. The topological polar surface area (TPSA) is 74.7 Å². The summed E-state index contributed by atoms with van der Waals surface area (Å²) in [7, 11) is 0. The number of hydrogen-bond acceptors (Lipinski definition) is 4. The number of Topliss-reactive ketones (excluding diaryl/α,β-unsaturated/α-hetero) is 1. The van der Waals surface area contributed by atoms with Gasteiger partial charge in [0.2, 0.25) is 0 Å². The van der Waals surface area contributed by atoms with Crippen molar-refractivity contribution in [1.29, 1.82) is 0 Å². The third-order valence-electron chi connectivity index (χ3n) is 3.24. The van der Waals surface area contributed by atoms with Crippen LogP contribution in [0.1, 0.15) is 20.8 Å². The zero-order valence-electron chi connectivity index (χ0n) is 9.56. The predicted octanol–water partition coefficient (Wildman–Crippen LogP) is 0.856. The number of fused-ring (bicyclic) bond motifs is 1.